The average molecular weight is 734 g/mol. The smallest absolute Gasteiger partial charge is 0.446 e. The molecule has 1 saturated carbocycles. The molecule has 5 heterocycles. The van der Waals surface area contributed by atoms with Gasteiger partial charge in [-0.3, -0.25) is 0 Å². The molecule has 8 nitrogen and oxygen atoms in total. The molecule has 4 saturated heterocycles. The van der Waals surface area contributed by atoms with Crippen LogP contribution in [0.2, 0.25) is 0 Å². The number of aryl methyl sites for hydroxylation is 1. The molecular formula is C39H39F4N5O3S. The summed E-state index contributed by atoms with van der Waals surface area (Å²) < 4.78 is 72.4. The van der Waals surface area contributed by atoms with Crippen molar-refractivity contribution in [1.82, 2.24) is 20.2 Å². The van der Waals surface area contributed by atoms with Crippen molar-refractivity contribution in [2.45, 2.75) is 55.1 Å². The summed E-state index contributed by atoms with van der Waals surface area (Å²) in [4.78, 5) is 13.6. The molecule has 0 spiro atoms. The first-order valence-electron chi connectivity index (χ1n) is 17.9. The van der Waals surface area contributed by atoms with Crippen LogP contribution in [0, 0.1) is 42.3 Å². The van der Waals surface area contributed by atoms with E-state index in [-0.39, 0.29) is 56.2 Å². The zero-order valence-corrected chi connectivity index (χ0v) is 29.5. The third-order valence-corrected chi connectivity index (χ3v) is 12.4. The number of nitrogens with zero attached hydrogens (tertiary/aromatic N) is 4. The topological polar surface area (TPSA) is 83.0 Å². The van der Waals surface area contributed by atoms with Crippen molar-refractivity contribution >= 4 is 39.3 Å². The summed E-state index contributed by atoms with van der Waals surface area (Å²) in [5, 5.41) is 15.4. The number of hydrogen-bond acceptors (Lipinski definition) is 9. The number of rotatable bonds is 8. The maximum atomic E-state index is 17.4. The largest absolute Gasteiger partial charge is 0.508 e. The second kappa shape index (κ2) is 12.6. The van der Waals surface area contributed by atoms with Crippen LogP contribution >= 0.6 is 11.8 Å². The van der Waals surface area contributed by atoms with Crippen molar-refractivity contribution in [2.75, 3.05) is 57.4 Å². The summed E-state index contributed by atoms with van der Waals surface area (Å²) in [6.07, 6.45) is 9.85. The zero-order valence-electron chi connectivity index (χ0n) is 28.7. The first kappa shape index (κ1) is 34.0. The lowest BCUT2D eigenvalue weighted by molar-refractivity contribution is -0.0328. The maximum absolute atomic E-state index is 17.4. The van der Waals surface area contributed by atoms with Crippen LogP contribution in [0.4, 0.5) is 23.4 Å². The Bertz CT molecular complexity index is 2110. The van der Waals surface area contributed by atoms with E-state index in [1.165, 1.54) is 18.2 Å². The minimum Gasteiger partial charge on any atom is -0.508 e. The molecule has 4 aliphatic heterocycles. The Morgan fingerprint density at radius 3 is 2.48 bits per heavy atom. The van der Waals surface area contributed by atoms with Crippen molar-refractivity contribution in [3.05, 3.63) is 47.3 Å². The van der Waals surface area contributed by atoms with Gasteiger partial charge < -0.3 is 29.7 Å². The lowest BCUT2D eigenvalue weighted by atomic mass is 9.91. The Kier molecular flexibility index (Phi) is 8.26. The Labute approximate surface area is 303 Å². The molecule has 9 rings (SSSR count). The highest BCUT2D eigenvalue weighted by atomic mass is 32.2. The third kappa shape index (κ3) is 6.21. The number of ether oxygens (including phenoxy) is 2. The standard InChI is InChI=1S/C39H39F4N5O3S/c1-3-28-21(2)4-5-22-10-27(49)11-29(32(22)28)33-31(52-39(41,42)43)12-30-35(34(33)40)45-37(46-36(30)48-15-25-6-7-26(16-48)44-25)51-20-38(8-9-38)19-47-13-23-17-50-18-24(23)14-47/h1,4-5,10-12,23-26,44,49H,6-9,13-20H2,2H3/t23-,24+,25?,26?. The number of aromatic hydroxyl groups is 1. The quantitative estimate of drug-likeness (QED) is 0.115. The van der Waals surface area contributed by atoms with Gasteiger partial charge in [-0.2, -0.15) is 23.1 Å². The number of nitrogens with one attached hydrogen (secondary N) is 1. The molecule has 2 unspecified atom stereocenters. The first-order chi connectivity index (χ1) is 25.0. The number of aromatic nitrogens is 2. The number of anilines is 1. The van der Waals surface area contributed by atoms with E-state index in [0.29, 0.717) is 59.2 Å². The molecule has 0 radical (unpaired) electrons. The number of hydrogen-bond donors (Lipinski definition) is 2. The van der Waals surface area contributed by atoms with Gasteiger partial charge in [-0.1, -0.05) is 18.1 Å². The van der Waals surface area contributed by atoms with Gasteiger partial charge in [0.2, 0.25) is 0 Å². The molecule has 5 aliphatic rings. The second-order valence-electron chi connectivity index (χ2n) is 15.4. The average Bonchev–Trinajstić information content (AvgIpc) is 3.33. The number of terminal acetylenes is 1. The first-order valence-corrected chi connectivity index (χ1v) is 18.7. The van der Waals surface area contributed by atoms with Gasteiger partial charge in [0.1, 0.15) is 17.1 Å². The summed E-state index contributed by atoms with van der Waals surface area (Å²) in [5.74, 6) is 2.94. The molecule has 1 aliphatic carbocycles. The van der Waals surface area contributed by atoms with Crippen molar-refractivity contribution in [1.29, 1.82) is 0 Å². The van der Waals surface area contributed by atoms with Crippen molar-refractivity contribution < 1.29 is 32.1 Å². The van der Waals surface area contributed by atoms with Crippen LogP contribution in [-0.2, 0) is 4.74 Å². The number of phenols is 1. The number of phenolic OH excluding ortho intramolecular Hbond substituents is 1. The Hall–Kier alpha value is -3.83. The molecule has 2 N–H and O–H groups in total. The van der Waals surface area contributed by atoms with Crippen molar-refractivity contribution in [3.63, 3.8) is 0 Å². The highest BCUT2D eigenvalue weighted by Crippen LogP contribution is 2.50. The molecular weight excluding hydrogens is 695 g/mol. The second-order valence-corrected chi connectivity index (χ2v) is 16.5. The lowest BCUT2D eigenvalue weighted by Crippen LogP contribution is -2.51. The predicted octanol–water partition coefficient (Wildman–Crippen LogP) is 6.87. The molecule has 13 heteroatoms. The molecule has 0 amide bonds. The number of piperazine rings is 1. The van der Waals surface area contributed by atoms with Crippen molar-refractivity contribution in [2.24, 2.45) is 17.3 Å². The number of thioether (sulfide) groups is 1. The summed E-state index contributed by atoms with van der Waals surface area (Å²) in [6.45, 7) is 7.80. The van der Waals surface area contributed by atoms with Gasteiger partial charge in [0.15, 0.2) is 5.82 Å². The van der Waals surface area contributed by atoms with E-state index >= 15 is 4.39 Å². The number of likely N-dealkylation sites (tertiary alicyclic amines) is 1. The zero-order chi connectivity index (χ0) is 35.9. The monoisotopic (exact) mass is 733 g/mol. The molecule has 3 aromatic carbocycles. The van der Waals surface area contributed by atoms with Crippen LogP contribution in [0.3, 0.4) is 0 Å². The van der Waals surface area contributed by atoms with E-state index in [9.17, 15) is 18.3 Å². The summed E-state index contributed by atoms with van der Waals surface area (Å²) >= 11 is -0.404. The molecule has 1 aromatic heterocycles. The van der Waals surface area contributed by atoms with Gasteiger partial charge in [-0.05, 0) is 79.1 Å². The van der Waals surface area contributed by atoms with Gasteiger partial charge >= 0.3 is 11.5 Å². The lowest BCUT2D eigenvalue weighted by Gasteiger charge is -2.34. The van der Waals surface area contributed by atoms with Crippen molar-refractivity contribution in [3.8, 4) is 35.2 Å². The predicted molar refractivity (Wildman–Crippen MR) is 192 cm³/mol. The maximum Gasteiger partial charge on any atom is 0.446 e. The van der Waals surface area contributed by atoms with Gasteiger partial charge in [0.05, 0.1) is 19.8 Å². The van der Waals surface area contributed by atoms with Crippen LogP contribution in [0.25, 0.3) is 32.8 Å². The molecule has 5 fully saturated rings. The van der Waals surface area contributed by atoms with Crippen LogP contribution in [0.1, 0.15) is 36.8 Å². The fourth-order valence-corrected chi connectivity index (χ4v) is 9.69. The fourth-order valence-electron chi connectivity index (χ4n) is 8.97. The molecule has 2 bridgehead atoms. The Morgan fingerprint density at radius 2 is 1.81 bits per heavy atom. The molecule has 52 heavy (non-hydrogen) atoms. The molecule has 4 atom stereocenters. The van der Waals surface area contributed by atoms with E-state index in [2.05, 4.69) is 21.1 Å². The van der Waals surface area contributed by atoms with Gasteiger partial charge in [0, 0.05) is 88.9 Å². The fraction of sp³-hybridized carbons (Fsp3) is 0.487. The van der Waals surface area contributed by atoms with E-state index in [1.54, 1.807) is 19.1 Å². The molecule has 272 valence electrons. The van der Waals surface area contributed by atoms with Crippen LogP contribution < -0.4 is 15.0 Å². The Balaban J connectivity index is 1.18. The van der Waals surface area contributed by atoms with E-state index in [0.717, 1.165) is 58.5 Å². The number of fused-ring (bicyclic) bond motifs is 5. The summed E-state index contributed by atoms with van der Waals surface area (Å²) in [7, 11) is 0. The van der Waals surface area contributed by atoms with E-state index < -0.39 is 23.1 Å². The number of halogens is 4. The van der Waals surface area contributed by atoms with Gasteiger partial charge in [0.25, 0.3) is 0 Å². The van der Waals surface area contributed by atoms with E-state index in [1.807, 2.05) is 4.90 Å². The van der Waals surface area contributed by atoms with Crippen LogP contribution in [0.5, 0.6) is 11.8 Å². The highest BCUT2D eigenvalue weighted by molar-refractivity contribution is 8.00. The number of benzene rings is 3. The third-order valence-electron chi connectivity index (χ3n) is 11.7. The molecule has 4 aromatic rings. The highest BCUT2D eigenvalue weighted by Gasteiger charge is 2.48. The normalized spacial score (nSPS) is 25.2. The minimum atomic E-state index is -4.75. The van der Waals surface area contributed by atoms with Gasteiger partial charge in [-0.25, -0.2) is 4.39 Å². The van der Waals surface area contributed by atoms with Crippen LogP contribution in [0.15, 0.2) is 35.2 Å². The van der Waals surface area contributed by atoms with Crippen LogP contribution in [-0.4, -0.2) is 90.1 Å². The summed E-state index contributed by atoms with van der Waals surface area (Å²) in [5.41, 5.74) is -4.13. The van der Waals surface area contributed by atoms with E-state index in [4.69, 9.17) is 20.9 Å². The SMILES string of the molecule is C#Cc1c(C)ccc2cc(O)cc(-c3c(SC(F)(F)F)cc4c(N5CC6CCC(C5)N6)nc(OCC5(CN6C[C@H]7COC[C@H]7C6)CC5)nc4c3F)c12. The number of alkyl halides is 3. The van der Waals surface area contributed by atoms with Gasteiger partial charge in [-0.15, -0.1) is 6.42 Å². The Morgan fingerprint density at radius 1 is 1.08 bits per heavy atom. The minimum absolute atomic E-state index is 0.00616. The summed E-state index contributed by atoms with van der Waals surface area (Å²) in [6, 6.07) is 7.93.